The lowest BCUT2D eigenvalue weighted by Gasteiger charge is -2.65. The molecule has 0 aromatic heterocycles. The van der Waals surface area contributed by atoms with Crippen molar-refractivity contribution in [2.24, 2.45) is 22.2 Å². The number of carbonyl (C=O) groups is 1. The Hall–Kier alpha value is -0.830. The van der Waals surface area contributed by atoms with E-state index in [1.165, 1.54) is 5.57 Å². The van der Waals surface area contributed by atoms with Gasteiger partial charge in [-0.05, 0) is 64.7 Å². The molecule has 1 spiro atoms. The molecule has 1 heterocycles. The normalized spacial score (nSPS) is 58.2. The highest BCUT2D eigenvalue weighted by Crippen LogP contribution is 2.78. The Morgan fingerprint density at radius 3 is 2.71 bits per heavy atom. The molecule has 4 bridgehead atoms. The number of carbonyl (C=O) groups excluding carboxylic acids is 1. The van der Waals surface area contributed by atoms with Crippen LogP contribution >= 0.6 is 0 Å². The zero-order valence-corrected chi connectivity index (χ0v) is 15.4. The molecule has 0 N–H and O–H groups in total. The van der Waals surface area contributed by atoms with Crippen LogP contribution in [0.15, 0.2) is 12.2 Å². The summed E-state index contributed by atoms with van der Waals surface area (Å²) in [6, 6.07) is 0. The van der Waals surface area contributed by atoms with Gasteiger partial charge < -0.3 is 9.47 Å². The Morgan fingerprint density at radius 1 is 1.17 bits per heavy atom. The quantitative estimate of drug-likeness (QED) is 0.528. The number of rotatable bonds is 1. The van der Waals surface area contributed by atoms with Gasteiger partial charge in [-0.15, -0.1) is 0 Å². The molecule has 132 valence electrons. The molecule has 24 heavy (non-hydrogen) atoms. The first kappa shape index (κ1) is 15.4. The Labute approximate surface area is 145 Å². The highest BCUT2D eigenvalue weighted by molar-refractivity contribution is 5.81. The fraction of sp³-hybridized carbons (Fsp3) is 0.857. The van der Waals surface area contributed by atoms with Crippen LogP contribution in [0, 0.1) is 22.2 Å². The van der Waals surface area contributed by atoms with Crippen LogP contribution < -0.4 is 0 Å². The Balaban J connectivity index is 1.69. The average molecular weight is 330 g/mol. The molecule has 5 rings (SSSR count). The minimum atomic E-state index is -0.261. The van der Waals surface area contributed by atoms with E-state index >= 15 is 0 Å². The van der Waals surface area contributed by atoms with Gasteiger partial charge in [0.05, 0.1) is 11.0 Å². The second kappa shape index (κ2) is 4.11. The Kier molecular flexibility index (Phi) is 2.64. The van der Waals surface area contributed by atoms with Crippen molar-refractivity contribution in [1.29, 1.82) is 0 Å². The van der Waals surface area contributed by atoms with Crippen molar-refractivity contribution in [1.82, 2.24) is 0 Å². The summed E-state index contributed by atoms with van der Waals surface area (Å²) < 4.78 is 12.4. The first-order chi connectivity index (χ1) is 11.3. The number of hydrogen-bond acceptors (Lipinski definition) is 3. The largest absolute Gasteiger partial charge is 0.458 e. The third kappa shape index (κ3) is 1.31. The molecule has 6 atom stereocenters. The van der Waals surface area contributed by atoms with E-state index in [-0.39, 0.29) is 33.4 Å². The number of hydrogen-bond donors (Lipinski definition) is 0. The Morgan fingerprint density at radius 2 is 1.96 bits per heavy atom. The third-order valence-electron chi connectivity index (χ3n) is 9.52. The monoisotopic (exact) mass is 330 g/mol. The molecular formula is C21H30O3. The fourth-order valence-corrected chi connectivity index (χ4v) is 8.12. The van der Waals surface area contributed by atoms with Gasteiger partial charge in [0.25, 0.3) is 0 Å². The summed E-state index contributed by atoms with van der Waals surface area (Å²) in [4.78, 5) is 12.9. The maximum Gasteiger partial charge on any atom is 0.312 e. The lowest BCUT2D eigenvalue weighted by molar-refractivity contribution is -0.228. The predicted octanol–water partition coefficient (Wildman–Crippen LogP) is 4.40. The molecule has 0 radical (unpaired) electrons. The molecule has 0 aromatic rings. The van der Waals surface area contributed by atoms with E-state index in [0.717, 1.165) is 57.8 Å². The maximum absolute atomic E-state index is 12.9. The van der Waals surface area contributed by atoms with Crippen molar-refractivity contribution in [2.75, 3.05) is 7.11 Å². The third-order valence-corrected chi connectivity index (χ3v) is 9.52. The van der Waals surface area contributed by atoms with E-state index in [0.29, 0.717) is 5.92 Å². The molecule has 4 saturated carbocycles. The van der Waals surface area contributed by atoms with Gasteiger partial charge in [0.1, 0.15) is 5.60 Å². The molecule has 3 heteroatoms. The van der Waals surface area contributed by atoms with E-state index in [1.807, 2.05) is 7.11 Å². The van der Waals surface area contributed by atoms with Gasteiger partial charge in [0, 0.05) is 23.9 Å². The van der Waals surface area contributed by atoms with E-state index in [1.54, 1.807) is 0 Å². The van der Waals surface area contributed by atoms with Crippen molar-refractivity contribution < 1.29 is 14.3 Å². The first-order valence-corrected chi connectivity index (χ1v) is 9.75. The molecule has 4 aliphatic carbocycles. The van der Waals surface area contributed by atoms with Crippen molar-refractivity contribution in [3.8, 4) is 0 Å². The lowest BCUT2D eigenvalue weighted by Crippen LogP contribution is -2.66. The lowest BCUT2D eigenvalue weighted by atomic mass is 9.39. The van der Waals surface area contributed by atoms with Crippen LogP contribution in [0.4, 0.5) is 0 Å². The van der Waals surface area contributed by atoms with Crippen molar-refractivity contribution in [3.63, 3.8) is 0 Å². The topological polar surface area (TPSA) is 35.5 Å². The molecular weight excluding hydrogens is 300 g/mol. The minimum Gasteiger partial charge on any atom is -0.458 e. The second-order valence-electron chi connectivity index (χ2n) is 9.90. The summed E-state index contributed by atoms with van der Waals surface area (Å²) in [6.45, 7) is 9.15. The second-order valence-corrected chi connectivity index (χ2v) is 9.90. The molecule has 0 aromatic carbocycles. The van der Waals surface area contributed by atoms with Crippen LogP contribution in [0.5, 0.6) is 0 Å². The molecule has 3 nitrogen and oxygen atoms in total. The summed E-state index contributed by atoms with van der Waals surface area (Å²) in [5.74, 6) is 0.473. The Bertz CT molecular complexity index is 655. The molecule has 0 unspecified atom stereocenters. The summed E-state index contributed by atoms with van der Waals surface area (Å²) in [7, 11) is 1.87. The average Bonchev–Trinajstić information content (AvgIpc) is 2.86. The van der Waals surface area contributed by atoms with E-state index in [4.69, 9.17) is 9.47 Å². The van der Waals surface area contributed by atoms with Crippen LogP contribution in [0.2, 0.25) is 0 Å². The van der Waals surface area contributed by atoms with Crippen LogP contribution in [0.1, 0.15) is 71.6 Å². The molecule has 5 aliphatic rings. The van der Waals surface area contributed by atoms with Gasteiger partial charge in [0.2, 0.25) is 0 Å². The fourth-order valence-electron chi connectivity index (χ4n) is 8.12. The van der Waals surface area contributed by atoms with Crippen LogP contribution in [-0.4, -0.2) is 24.3 Å². The summed E-state index contributed by atoms with van der Waals surface area (Å²) >= 11 is 0. The van der Waals surface area contributed by atoms with Crippen molar-refractivity contribution in [2.45, 2.75) is 82.8 Å². The standard InChI is InChI=1S/C21H30O3/c1-14-12-19(23-4)11-10-18(3)20(14,13-19)9-6-15-17(2)7-5-8-21(15,18)24-16(17)22/h15H,1,5-13H2,2-4H3/t15-,17-,18+,19+,20+,21+/m1/s1. The highest BCUT2D eigenvalue weighted by atomic mass is 16.6. The van der Waals surface area contributed by atoms with Crippen LogP contribution in [0.3, 0.4) is 0 Å². The number of methoxy groups -OCH3 is 1. The first-order valence-electron chi connectivity index (χ1n) is 9.75. The van der Waals surface area contributed by atoms with E-state index in [9.17, 15) is 4.79 Å². The summed E-state index contributed by atoms with van der Waals surface area (Å²) in [6.07, 6.45) is 9.67. The molecule has 1 aliphatic heterocycles. The SMILES string of the molecule is C=C1C[C@@]2(OC)CC[C@@]3(C)[C@@]1(CC[C@@H]1[C@@]4(C)CCC[C@]13OC4=O)C2. The zero-order valence-electron chi connectivity index (χ0n) is 15.4. The van der Waals surface area contributed by atoms with Gasteiger partial charge in [-0.3, -0.25) is 4.79 Å². The van der Waals surface area contributed by atoms with Gasteiger partial charge in [-0.2, -0.15) is 0 Å². The molecule has 1 saturated heterocycles. The molecule has 0 amide bonds. The number of fused-ring (bicyclic) bond motifs is 1. The van der Waals surface area contributed by atoms with E-state index in [2.05, 4.69) is 20.4 Å². The van der Waals surface area contributed by atoms with Crippen LogP contribution in [-0.2, 0) is 14.3 Å². The summed E-state index contributed by atoms with van der Waals surface area (Å²) in [5.41, 5.74) is 0.960. The highest BCUT2D eigenvalue weighted by Gasteiger charge is 2.79. The van der Waals surface area contributed by atoms with Gasteiger partial charge in [0.15, 0.2) is 0 Å². The van der Waals surface area contributed by atoms with Crippen molar-refractivity contribution in [3.05, 3.63) is 12.2 Å². The van der Waals surface area contributed by atoms with Crippen molar-refractivity contribution >= 4 is 5.97 Å². The van der Waals surface area contributed by atoms with Gasteiger partial charge in [-0.25, -0.2) is 0 Å². The zero-order chi connectivity index (χ0) is 17.0. The number of ether oxygens (including phenoxy) is 2. The minimum absolute atomic E-state index is 0.0132. The van der Waals surface area contributed by atoms with E-state index < -0.39 is 0 Å². The van der Waals surface area contributed by atoms with Crippen LogP contribution in [0.25, 0.3) is 0 Å². The molecule has 5 fully saturated rings. The van der Waals surface area contributed by atoms with Gasteiger partial charge in [-0.1, -0.05) is 19.1 Å². The maximum atomic E-state index is 12.9. The predicted molar refractivity (Wildman–Crippen MR) is 91.4 cm³/mol. The summed E-state index contributed by atoms with van der Waals surface area (Å²) in [5, 5.41) is 0. The smallest absolute Gasteiger partial charge is 0.312 e. The van der Waals surface area contributed by atoms with Gasteiger partial charge >= 0.3 is 5.97 Å². The number of esters is 1.